The van der Waals surface area contributed by atoms with Crippen LogP contribution in [0.3, 0.4) is 0 Å². The van der Waals surface area contributed by atoms with Crippen molar-refractivity contribution in [3.63, 3.8) is 0 Å². The Kier molecular flexibility index (Phi) is 16.5. The van der Waals surface area contributed by atoms with Crippen molar-refractivity contribution in [1.82, 2.24) is 40.4 Å². The molecule has 0 spiro atoms. The summed E-state index contributed by atoms with van der Waals surface area (Å²) in [5.74, 6) is -3.34. The van der Waals surface area contributed by atoms with Crippen LogP contribution in [0.15, 0.2) is 119 Å². The van der Waals surface area contributed by atoms with Crippen molar-refractivity contribution in [3.8, 4) is 33.6 Å². The van der Waals surface area contributed by atoms with Crippen LogP contribution in [0, 0.1) is 23.5 Å². The standard InChI is InChI=1S/2C26H20ClFN6O3S.CH3FS/c2*27-17-4-6-22(33-13-30-31-32-33)18(9-17)15-3-5-23(34(37)11-15)19(7-14-1-2-14)21-8-16(10-29-21)20-12-38-25(24(20)28)26(35)36;1-3-2/h2*3-6,9-14,19H,1-2,7-8H2,(H-,35,36,37);1H3/p+2. The number of carboxylic acids is 2. The first kappa shape index (κ1) is 54.7. The molecule has 4 aliphatic rings. The number of carboxylic acid groups (broad SMARTS) is 2. The minimum Gasteiger partial charge on any atom is -0.477 e. The molecule has 2 aliphatic carbocycles. The van der Waals surface area contributed by atoms with Crippen molar-refractivity contribution < 1.29 is 52.3 Å². The molecule has 0 saturated heterocycles. The van der Waals surface area contributed by atoms with E-state index in [1.807, 2.05) is 24.3 Å². The molecule has 404 valence electrons. The van der Waals surface area contributed by atoms with E-state index in [0.717, 1.165) is 93.2 Å². The van der Waals surface area contributed by atoms with E-state index >= 15 is 0 Å². The molecule has 2 atom stereocenters. The van der Waals surface area contributed by atoms with Gasteiger partial charge in [-0.3, -0.25) is 20.4 Å². The van der Waals surface area contributed by atoms with E-state index < -0.39 is 23.6 Å². The summed E-state index contributed by atoms with van der Waals surface area (Å²) in [4.78, 5) is 31.2. The number of tetrazole rings is 2. The number of aromatic carboxylic acids is 2. The number of allylic oxidation sites excluding steroid dienone is 2. The summed E-state index contributed by atoms with van der Waals surface area (Å²) < 4.78 is 44.9. The summed E-state index contributed by atoms with van der Waals surface area (Å²) in [6.45, 7) is 0. The maximum Gasteiger partial charge on any atom is 0.348 e. The summed E-state index contributed by atoms with van der Waals surface area (Å²) in [5.41, 5.74) is 9.04. The van der Waals surface area contributed by atoms with Crippen LogP contribution in [-0.4, -0.2) is 90.7 Å². The van der Waals surface area contributed by atoms with Crippen LogP contribution in [0.4, 0.5) is 12.7 Å². The molecule has 0 amide bonds. The molecule has 2 fully saturated rings. The molecule has 12 rings (SSSR count). The van der Waals surface area contributed by atoms with Crippen molar-refractivity contribution in [1.29, 1.82) is 0 Å². The Hall–Kier alpha value is -7.64. The number of benzene rings is 2. The van der Waals surface area contributed by atoms with Gasteiger partial charge in [-0.25, -0.2) is 18.4 Å². The van der Waals surface area contributed by atoms with Crippen LogP contribution < -0.4 is 9.46 Å². The van der Waals surface area contributed by atoms with Gasteiger partial charge in [0, 0.05) is 120 Å². The van der Waals surface area contributed by atoms with E-state index in [9.17, 15) is 42.9 Å². The van der Waals surface area contributed by atoms with Gasteiger partial charge >= 0.3 is 11.9 Å². The number of hydrogen-bond acceptors (Lipinski definition) is 15. The number of rotatable bonds is 16. The van der Waals surface area contributed by atoms with Crippen LogP contribution in [0.5, 0.6) is 0 Å². The van der Waals surface area contributed by atoms with E-state index in [2.05, 4.69) is 41.0 Å². The zero-order valence-corrected chi connectivity index (χ0v) is 45.4. The fourth-order valence-corrected chi connectivity index (χ4v) is 11.5. The Morgan fingerprint density at radius 3 is 1.41 bits per heavy atom. The number of halogens is 5. The molecule has 8 aromatic rings. The van der Waals surface area contributed by atoms with Crippen LogP contribution in [0.1, 0.15) is 105 Å². The second kappa shape index (κ2) is 23.8. The fourth-order valence-electron chi connectivity index (χ4n) is 9.58. The lowest BCUT2D eigenvalue weighted by Crippen LogP contribution is -2.38. The highest BCUT2D eigenvalue weighted by Crippen LogP contribution is 2.44. The molecule has 6 aromatic heterocycles. The third-order valence-corrected chi connectivity index (χ3v) is 16.1. The van der Waals surface area contributed by atoms with Gasteiger partial charge in [0.15, 0.2) is 11.6 Å². The lowest BCUT2D eigenvalue weighted by atomic mass is 9.88. The predicted molar refractivity (Wildman–Crippen MR) is 291 cm³/mol. The van der Waals surface area contributed by atoms with Gasteiger partial charge in [-0.05, 0) is 105 Å². The maximum absolute atomic E-state index is 14.7. The number of thiophene rings is 2. The monoisotopic (exact) mass is 1170 g/mol. The summed E-state index contributed by atoms with van der Waals surface area (Å²) >= 11 is 14.6. The van der Waals surface area contributed by atoms with Crippen molar-refractivity contribution in [3.05, 3.63) is 163 Å². The van der Waals surface area contributed by atoms with Crippen molar-refractivity contribution >= 4 is 92.5 Å². The molecule has 2 saturated carbocycles. The van der Waals surface area contributed by atoms with Crippen molar-refractivity contribution in [2.45, 2.75) is 63.2 Å². The Morgan fingerprint density at radius 1 is 0.671 bits per heavy atom. The predicted octanol–water partition coefficient (Wildman–Crippen LogP) is 11.6. The third kappa shape index (κ3) is 12.2. The molecule has 2 aromatic carbocycles. The van der Waals surface area contributed by atoms with Gasteiger partial charge < -0.3 is 10.2 Å². The first-order chi connectivity index (χ1) is 38.2. The third-order valence-electron chi connectivity index (χ3n) is 13.8. The molecule has 2 aliphatic heterocycles. The van der Waals surface area contributed by atoms with Gasteiger partial charge in [0.2, 0.25) is 23.8 Å². The maximum atomic E-state index is 14.7. The molecule has 2 unspecified atom stereocenters. The molecule has 4 N–H and O–H groups in total. The number of hydrogen-bond donors (Lipinski definition) is 4. The van der Waals surface area contributed by atoms with Crippen molar-refractivity contribution in [2.24, 2.45) is 21.8 Å². The molecule has 8 heterocycles. The largest absolute Gasteiger partial charge is 0.477 e. The number of aromatic nitrogens is 10. The van der Waals surface area contributed by atoms with Crippen LogP contribution in [-0.2, 0) is 0 Å². The normalized spacial score (nSPS) is 15.5. The lowest BCUT2D eigenvalue weighted by Gasteiger charge is -2.15. The van der Waals surface area contributed by atoms with Gasteiger partial charge in [0.05, 0.1) is 34.3 Å². The topological polar surface area (TPSA) is 235 Å². The highest BCUT2D eigenvalue weighted by atomic mass is 35.5. The molecule has 0 bridgehead atoms. The summed E-state index contributed by atoms with van der Waals surface area (Å²) in [7, 11) is 0. The number of pyridine rings is 2. The molecular weight excluding hydrogens is 1120 g/mol. The van der Waals surface area contributed by atoms with Gasteiger partial charge in [0.1, 0.15) is 22.4 Å². The minimum atomic E-state index is -1.28. The van der Waals surface area contributed by atoms with Gasteiger partial charge in [-0.1, -0.05) is 48.9 Å². The molecule has 18 nitrogen and oxygen atoms in total. The van der Waals surface area contributed by atoms with Crippen LogP contribution in [0.2, 0.25) is 10.0 Å². The van der Waals surface area contributed by atoms with E-state index in [1.165, 1.54) is 39.0 Å². The van der Waals surface area contributed by atoms with Crippen LogP contribution in [0.25, 0.3) is 44.8 Å². The smallest absolute Gasteiger partial charge is 0.348 e. The zero-order valence-electron chi connectivity index (χ0n) is 41.4. The zero-order chi connectivity index (χ0) is 55.5. The second-order valence-electron chi connectivity index (χ2n) is 18.9. The number of nitrogens with zero attached hydrogens (tertiary/aromatic N) is 12. The highest BCUT2D eigenvalue weighted by Gasteiger charge is 2.39. The number of aliphatic imine (C=N–C) groups is 2. The second-order valence-corrected chi connectivity index (χ2v) is 21.9. The Bertz CT molecular complexity index is 3490. The van der Waals surface area contributed by atoms with Crippen LogP contribution >= 0.6 is 58.0 Å². The Labute approximate surface area is 470 Å². The molecule has 0 radical (unpaired) electrons. The van der Waals surface area contributed by atoms with E-state index in [0.29, 0.717) is 79.8 Å². The fraction of sp³-hybridized carbons (Fsp3) is 0.245. The average molecular weight is 1170 g/mol. The Balaban J connectivity index is 0.000000170. The lowest BCUT2D eigenvalue weighted by molar-refractivity contribution is -0.909. The van der Waals surface area contributed by atoms with E-state index in [1.54, 1.807) is 61.2 Å². The minimum absolute atomic E-state index is 0.186. The van der Waals surface area contributed by atoms with Crippen molar-refractivity contribution in [2.75, 3.05) is 6.26 Å². The Morgan fingerprint density at radius 2 is 1.08 bits per heavy atom. The molecule has 79 heavy (non-hydrogen) atoms. The quantitative estimate of drug-likeness (QED) is 0.0521. The first-order valence-corrected chi connectivity index (χ1v) is 28.1. The number of carbonyl (C=O) groups is 2. The van der Waals surface area contributed by atoms with Gasteiger partial charge in [-0.15, -0.1) is 32.9 Å². The van der Waals surface area contributed by atoms with Gasteiger partial charge in [-0.2, -0.15) is 13.2 Å². The first-order valence-electron chi connectivity index (χ1n) is 24.4. The SMILES string of the molecule is CSF.O=C(O)c1scc(C2=CN=C(C(CC3CC3)c3ccc(-c4cc(Cl)ccc4-n4cnnn4)c[n+]3O)C2)c1F.O=C(O)c1scc(C2=CN=C(C(CC3CC3)c3ccc(-c4cc(Cl)ccc4-n4cnnn4)c[n+]3O)C2)c1F. The molecular formula is C53H45Cl2F3N12O6S3+2. The van der Waals surface area contributed by atoms with E-state index in [4.69, 9.17) is 23.2 Å². The average Bonchev–Trinajstić information content (AvgIpc) is 4.00. The highest BCUT2D eigenvalue weighted by molar-refractivity contribution is 7.93. The summed E-state index contributed by atoms with van der Waals surface area (Å²) in [5, 5.41) is 67.6. The molecule has 26 heteroatoms. The summed E-state index contributed by atoms with van der Waals surface area (Å²) in [6, 6.07) is 18.2. The summed E-state index contributed by atoms with van der Waals surface area (Å²) in [6.07, 6.45) is 17.6. The van der Waals surface area contributed by atoms with E-state index in [-0.39, 0.29) is 44.9 Å². The van der Waals surface area contributed by atoms with Gasteiger partial charge in [0.25, 0.3) is 0 Å².